The first kappa shape index (κ1) is 28.4. The number of aliphatic hydroxyl groups is 1. The molecule has 3 saturated carbocycles. The van der Waals surface area contributed by atoms with Gasteiger partial charge in [0.25, 0.3) is 5.91 Å². The third kappa shape index (κ3) is 7.14. The molecule has 40 heavy (non-hydrogen) atoms. The van der Waals surface area contributed by atoms with Gasteiger partial charge >= 0.3 is 0 Å². The topological polar surface area (TPSA) is 122 Å². The maximum absolute atomic E-state index is 12.7. The van der Waals surface area contributed by atoms with Crippen molar-refractivity contribution in [2.45, 2.75) is 103 Å². The number of allylic oxidation sites excluding steroid dienone is 1. The molecule has 0 bridgehead atoms. The van der Waals surface area contributed by atoms with Gasteiger partial charge in [0, 0.05) is 36.0 Å². The lowest BCUT2D eigenvalue weighted by Gasteiger charge is -2.31. The van der Waals surface area contributed by atoms with Crippen molar-refractivity contribution < 1.29 is 9.90 Å². The normalized spacial score (nSPS) is 28.0. The molecule has 0 radical (unpaired) electrons. The Bertz CT molecular complexity index is 1180. The molecule has 6 N–H and O–H groups in total. The largest absolute Gasteiger partial charge is 0.391 e. The molecule has 216 valence electrons. The van der Waals surface area contributed by atoms with E-state index in [9.17, 15) is 9.90 Å². The molecule has 2 unspecified atom stereocenters. The second-order valence-corrected chi connectivity index (χ2v) is 12.1. The van der Waals surface area contributed by atoms with E-state index in [4.69, 9.17) is 10.4 Å². The average molecular weight is 547 g/mol. The van der Waals surface area contributed by atoms with Crippen molar-refractivity contribution in [3.8, 4) is 0 Å². The molecule has 1 aliphatic heterocycles. The SMILES string of the molecule is CCC1CCC(CNC2=CC(NC3CCCCC3O)=N/C(=C(/C=N)c3ccc(C(=O)NC4CC4)c(C)c3)N2)CC1. The first-order chi connectivity index (χ1) is 19.4. The number of nitrogens with one attached hydrogen (secondary N) is 5. The maximum atomic E-state index is 12.7. The Morgan fingerprint density at radius 1 is 1.10 bits per heavy atom. The number of hydrogen-bond donors (Lipinski definition) is 6. The highest BCUT2D eigenvalue weighted by Crippen LogP contribution is 2.30. The van der Waals surface area contributed by atoms with Crippen molar-refractivity contribution in [3.63, 3.8) is 0 Å². The number of aryl methyl sites for hydroxylation is 1. The highest BCUT2D eigenvalue weighted by Gasteiger charge is 2.27. The van der Waals surface area contributed by atoms with Crippen molar-refractivity contribution in [2.24, 2.45) is 16.8 Å². The van der Waals surface area contributed by atoms with E-state index in [2.05, 4.69) is 28.2 Å². The Morgan fingerprint density at radius 2 is 1.85 bits per heavy atom. The predicted molar refractivity (Wildman–Crippen MR) is 161 cm³/mol. The fourth-order valence-electron chi connectivity index (χ4n) is 6.21. The van der Waals surface area contributed by atoms with Crippen molar-refractivity contribution in [2.75, 3.05) is 6.54 Å². The number of carbonyl (C=O) groups excluding carboxylic acids is 1. The lowest BCUT2D eigenvalue weighted by Crippen LogP contribution is -2.46. The highest BCUT2D eigenvalue weighted by atomic mass is 16.3. The van der Waals surface area contributed by atoms with E-state index in [-0.39, 0.29) is 11.9 Å². The number of nitrogens with zero attached hydrogens (tertiary/aromatic N) is 1. The van der Waals surface area contributed by atoms with E-state index < -0.39 is 6.10 Å². The first-order valence-corrected chi connectivity index (χ1v) is 15.4. The zero-order valence-electron chi connectivity index (χ0n) is 24.1. The molecule has 8 heteroatoms. The minimum absolute atomic E-state index is 0.0377. The van der Waals surface area contributed by atoms with Gasteiger partial charge in [-0.15, -0.1) is 0 Å². The van der Waals surface area contributed by atoms with Crippen LogP contribution in [0.25, 0.3) is 5.57 Å². The molecule has 1 amide bonds. The summed E-state index contributed by atoms with van der Waals surface area (Å²) >= 11 is 0. The number of amidine groups is 1. The van der Waals surface area contributed by atoms with Crippen LogP contribution in [0.2, 0.25) is 0 Å². The summed E-state index contributed by atoms with van der Waals surface area (Å²) in [4.78, 5) is 17.5. The monoisotopic (exact) mass is 546 g/mol. The third-order valence-electron chi connectivity index (χ3n) is 9.05. The molecular weight excluding hydrogens is 500 g/mol. The van der Waals surface area contributed by atoms with Gasteiger partial charge in [-0.2, -0.15) is 0 Å². The van der Waals surface area contributed by atoms with Gasteiger partial charge in [0.2, 0.25) is 0 Å². The molecule has 3 fully saturated rings. The molecule has 3 aliphatic carbocycles. The number of aliphatic hydroxyl groups excluding tert-OH is 1. The summed E-state index contributed by atoms with van der Waals surface area (Å²) in [6, 6.07) is 5.97. The quantitative estimate of drug-likeness (QED) is 0.250. The van der Waals surface area contributed by atoms with E-state index in [1.807, 2.05) is 31.2 Å². The van der Waals surface area contributed by atoms with E-state index in [0.29, 0.717) is 34.8 Å². The number of carbonyl (C=O) groups is 1. The lowest BCUT2D eigenvalue weighted by molar-refractivity contribution is 0.0950. The van der Waals surface area contributed by atoms with E-state index in [1.54, 1.807) is 0 Å². The fourth-order valence-corrected chi connectivity index (χ4v) is 6.21. The first-order valence-electron chi connectivity index (χ1n) is 15.4. The minimum Gasteiger partial charge on any atom is -0.391 e. The summed E-state index contributed by atoms with van der Waals surface area (Å²) in [5, 5.41) is 32.5. The molecule has 1 aromatic rings. The van der Waals surface area contributed by atoms with Crippen LogP contribution in [0.5, 0.6) is 0 Å². The maximum Gasteiger partial charge on any atom is 0.251 e. The van der Waals surface area contributed by atoms with E-state index >= 15 is 0 Å². The zero-order valence-corrected chi connectivity index (χ0v) is 24.1. The van der Waals surface area contributed by atoms with Crippen molar-refractivity contribution in [3.05, 3.63) is 52.6 Å². The lowest BCUT2D eigenvalue weighted by atomic mass is 9.81. The number of rotatable bonds is 9. The van der Waals surface area contributed by atoms with Crippen LogP contribution < -0.4 is 21.3 Å². The van der Waals surface area contributed by atoms with Gasteiger partial charge in [-0.1, -0.05) is 51.2 Å². The van der Waals surface area contributed by atoms with E-state index in [0.717, 1.165) is 67.9 Å². The highest BCUT2D eigenvalue weighted by molar-refractivity contribution is 6.11. The van der Waals surface area contributed by atoms with Crippen molar-refractivity contribution >= 4 is 23.5 Å². The molecule has 0 saturated heterocycles. The molecule has 1 heterocycles. The minimum atomic E-state index is -0.392. The number of aliphatic imine (C=N–C) groups is 1. The second-order valence-electron chi connectivity index (χ2n) is 12.1. The Kier molecular flexibility index (Phi) is 9.25. The second kappa shape index (κ2) is 13.0. The van der Waals surface area contributed by atoms with Crippen molar-refractivity contribution in [1.29, 1.82) is 5.41 Å². The number of hydrogen-bond acceptors (Lipinski definition) is 7. The number of benzene rings is 1. The van der Waals surface area contributed by atoms with Gasteiger partial charge in [-0.25, -0.2) is 4.99 Å². The summed E-state index contributed by atoms with van der Waals surface area (Å²) in [6.45, 7) is 5.13. The summed E-state index contributed by atoms with van der Waals surface area (Å²) in [5.74, 6) is 3.60. The van der Waals surface area contributed by atoms with Gasteiger partial charge in [-0.3, -0.25) is 4.79 Å². The Labute approximate surface area is 238 Å². The van der Waals surface area contributed by atoms with Crippen LogP contribution in [0.4, 0.5) is 0 Å². The van der Waals surface area contributed by atoms with Gasteiger partial charge < -0.3 is 31.8 Å². The molecular formula is C32H46N6O2. The molecule has 2 atom stereocenters. The molecule has 4 aliphatic rings. The summed E-state index contributed by atoms with van der Waals surface area (Å²) < 4.78 is 0. The van der Waals surface area contributed by atoms with Crippen LogP contribution in [0, 0.1) is 24.2 Å². The standard InChI is InChI=1S/C32H46N6O2/c1-3-21-8-10-22(11-9-21)19-34-29-17-30(36-27-6-4-5-7-28(27)39)38-31(37-29)26(18-33)23-12-15-25(20(2)16-23)32(40)35-24-13-14-24/h12,15-18,21-22,24,27-28,33-34,37,39H,3-11,13-14,19H2,1-2H3,(H,35,40)(H,36,38)/b31-26-,33-18?. The molecule has 5 rings (SSSR count). The van der Waals surface area contributed by atoms with Crippen LogP contribution in [-0.2, 0) is 0 Å². The summed E-state index contributed by atoms with van der Waals surface area (Å²) in [6.07, 6.45) is 15.3. The predicted octanol–water partition coefficient (Wildman–Crippen LogP) is 4.75. The third-order valence-corrected chi connectivity index (χ3v) is 9.05. The number of amides is 1. The van der Waals surface area contributed by atoms with Crippen LogP contribution >= 0.6 is 0 Å². The van der Waals surface area contributed by atoms with Crippen LogP contribution in [0.15, 0.2) is 40.9 Å². The Hall–Kier alpha value is -3.13. The average Bonchev–Trinajstić information content (AvgIpc) is 3.78. The van der Waals surface area contributed by atoms with E-state index in [1.165, 1.54) is 38.3 Å². The molecule has 0 spiro atoms. The van der Waals surface area contributed by atoms with Crippen LogP contribution in [0.3, 0.4) is 0 Å². The fraction of sp³-hybridized carbons (Fsp3) is 0.594. The van der Waals surface area contributed by atoms with Crippen LogP contribution in [0.1, 0.15) is 99.0 Å². The smallest absolute Gasteiger partial charge is 0.251 e. The Balaban J connectivity index is 1.37. The summed E-state index contributed by atoms with van der Waals surface area (Å²) in [7, 11) is 0. The van der Waals surface area contributed by atoms with Gasteiger partial charge in [0.05, 0.1) is 12.1 Å². The van der Waals surface area contributed by atoms with Gasteiger partial charge in [0.1, 0.15) is 17.5 Å². The molecule has 0 aromatic heterocycles. The zero-order chi connectivity index (χ0) is 28.1. The van der Waals surface area contributed by atoms with Crippen molar-refractivity contribution in [1.82, 2.24) is 21.3 Å². The Morgan fingerprint density at radius 3 is 2.52 bits per heavy atom. The van der Waals surface area contributed by atoms with Gasteiger partial charge in [0.15, 0.2) is 0 Å². The van der Waals surface area contributed by atoms with Gasteiger partial charge in [-0.05, 0) is 74.5 Å². The van der Waals surface area contributed by atoms with Crippen LogP contribution in [-0.4, -0.2) is 47.8 Å². The molecule has 1 aromatic carbocycles. The molecule has 8 nitrogen and oxygen atoms in total. The summed E-state index contributed by atoms with van der Waals surface area (Å²) in [5.41, 5.74) is 3.02.